The molecule has 0 bridgehead atoms. The predicted molar refractivity (Wildman–Crippen MR) is 378 cm³/mol. The maximum absolute atomic E-state index is 13.4. The van der Waals surface area contributed by atoms with Crippen molar-refractivity contribution < 1.29 is 64.6 Å². The molecule has 540 valence electrons. The summed E-state index contributed by atoms with van der Waals surface area (Å²) in [6.45, 7) is 2.84. The molecule has 92 heavy (non-hydrogen) atoms. The Labute approximate surface area is 563 Å². The molecule has 0 spiro atoms. The molecule has 14 heteroatoms. The number of allylic oxidation sites excluding steroid dienone is 7. The zero-order valence-corrected chi connectivity index (χ0v) is 59.1. The number of carbonyl (C=O) groups excluding carboxylic acids is 1. The van der Waals surface area contributed by atoms with E-state index >= 15 is 0 Å². The number of rotatable bonds is 65. The molecule has 2 aliphatic heterocycles. The minimum absolute atomic E-state index is 0.233. The number of ether oxygens (including phenoxy) is 4. The van der Waals surface area contributed by atoms with Crippen molar-refractivity contribution in [2.24, 2.45) is 0 Å². The Morgan fingerprint density at radius 3 is 1.10 bits per heavy atom. The van der Waals surface area contributed by atoms with Gasteiger partial charge in [-0.05, 0) is 57.8 Å². The Morgan fingerprint density at radius 1 is 0.391 bits per heavy atom. The molecule has 1 amide bonds. The van der Waals surface area contributed by atoms with Gasteiger partial charge in [0, 0.05) is 6.42 Å². The van der Waals surface area contributed by atoms with E-state index in [1.165, 1.54) is 270 Å². The van der Waals surface area contributed by atoms with Gasteiger partial charge in [0.1, 0.15) is 48.8 Å². The summed E-state index contributed by atoms with van der Waals surface area (Å²) in [4.78, 5) is 13.4. The van der Waals surface area contributed by atoms with Crippen molar-refractivity contribution in [2.75, 3.05) is 19.8 Å². The van der Waals surface area contributed by atoms with Gasteiger partial charge in [-0.1, -0.05) is 332 Å². The molecule has 0 aromatic carbocycles. The Bertz CT molecular complexity index is 1730. The molecule has 9 N–H and O–H groups in total. The van der Waals surface area contributed by atoms with Crippen LogP contribution in [0.1, 0.15) is 348 Å². The third-order valence-corrected chi connectivity index (χ3v) is 19.0. The summed E-state index contributed by atoms with van der Waals surface area (Å²) < 4.78 is 22.9. The van der Waals surface area contributed by atoms with Crippen LogP contribution in [0.3, 0.4) is 0 Å². The number of nitrogens with one attached hydrogen (secondary N) is 1. The number of aliphatic hydroxyl groups excluding tert-OH is 8. The molecule has 2 heterocycles. The number of unbranched alkanes of at least 4 members (excludes halogenated alkanes) is 46. The standard InChI is InChI=1S/C78H145NO13/c1-3-5-7-9-11-13-15-17-19-21-23-25-27-28-29-30-31-32-33-34-35-36-37-38-40-42-44-46-48-50-52-54-56-58-60-62-70(83)79-66(65-89-77-75(88)73(86)76(69(64-81)91-77)92-78-74(87)72(85)71(84)68(63-80)90-78)67(82)61-59-57-55-53-51-49-47-45-43-41-39-26-24-22-20-18-16-14-12-10-8-6-4-2/h15,17,21,23,27-28,59,61,66-69,71-78,80-82,84-88H,3-14,16,18-20,22,24-26,29-58,60,62-65H2,1-2H3,(H,79,83)/b17-15-,23-21-,28-27-,61-59+. The topological polar surface area (TPSA) is 228 Å². The van der Waals surface area contributed by atoms with E-state index < -0.39 is 86.8 Å². The smallest absolute Gasteiger partial charge is 0.220 e. The van der Waals surface area contributed by atoms with Crippen molar-refractivity contribution in [1.82, 2.24) is 5.32 Å². The van der Waals surface area contributed by atoms with Gasteiger partial charge in [-0.15, -0.1) is 0 Å². The fourth-order valence-electron chi connectivity index (χ4n) is 12.8. The maximum Gasteiger partial charge on any atom is 0.220 e. The largest absolute Gasteiger partial charge is 0.394 e. The van der Waals surface area contributed by atoms with Crippen molar-refractivity contribution in [3.8, 4) is 0 Å². The maximum atomic E-state index is 13.4. The molecule has 12 unspecified atom stereocenters. The van der Waals surface area contributed by atoms with Crippen LogP contribution in [0.4, 0.5) is 0 Å². The van der Waals surface area contributed by atoms with E-state index in [0.29, 0.717) is 6.42 Å². The fraction of sp³-hybridized carbons (Fsp3) is 0.885. The normalized spacial score (nSPS) is 22.9. The first-order valence-corrected chi connectivity index (χ1v) is 38.9. The minimum Gasteiger partial charge on any atom is -0.394 e. The fourth-order valence-corrected chi connectivity index (χ4v) is 12.8. The van der Waals surface area contributed by atoms with Gasteiger partial charge in [-0.3, -0.25) is 4.79 Å². The lowest BCUT2D eigenvalue weighted by molar-refractivity contribution is -0.359. The van der Waals surface area contributed by atoms with Crippen molar-refractivity contribution in [3.63, 3.8) is 0 Å². The highest BCUT2D eigenvalue weighted by Crippen LogP contribution is 2.30. The van der Waals surface area contributed by atoms with Crippen LogP contribution in [0.2, 0.25) is 0 Å². The lowest BCUT2D eigenvalue weighted by Gasteiger charge is -2.46. The molecule has 2 rings (SSSR count). The van der Waals surface area contributed by atoms with Crippen molar-refractivity contribution in [3.05, 3.63) is 48.6 Å². The summed E-state index contributed by atoms with van der Waals surface area (Å²) in [6, 6.07) is -0.915. The van der Waals surface area contributed by atoms with Gasteiger partial charge in [0.15, 0.2) is 12.6 Å². The van der Waals surface area contributed by atoms with Crippen LogP contribution < -0.4 is 5.32 Å². The highest BCUT2D eigenvalue weighted by atomic mass is 16.7. The molecule has 2 saturated heterocycles. The molecule has 0 saturated carbocycles. The van der Waals surface area contributed by atoms with E-state index in [4.69, 9.17) is 18.9 Å². The van der Waals surface area contributed by atoms with Gasteiger partial charge >= 0.3 is 0 Å². The third-order valence-electron chi connectivity index (χ3n) is 19.0. The summed E-state index contributed by atoms with van der Waals surface area (Å²) in [6.07, 6.45) is 66.1. The van der Waals surface area contributed by atoms with Gasteiger partial charge in [-0.2, -0.15) is 0 Å². The molecule has 0 aliphatic carbocycles. The van der Waals surface area contributed by atoms with E-state index in [0.717, 1.165) is 51.4 Å². The summed E-state index contributed by atoms with van der Waals surface area (Å²) in [5.74, 6) is -0.233. The Hall–Kier alpha value is -2.05. The minimum atomic E-state index is -1.79. The molecule has 0 radical (unpaired) electrons. The average Bonchev–Trinajstić information content (AvgIpc) is 0.830. The first-order chi connectivity index (χ1) is 45.1. The van der Waals surface area contributed by atoms with Crippen LogP contribution in [-0.4, -0.2) is 140 Å². The van der Waals surface area contributed by atoms with Gasteiger partial charge < -0.3 is 65.1 Å². The monoisotopic (exact) mass is 1300 g/mol. The first-order valence-electron chi connectivity index (χ1n) is 38.9. The van der Waals surface area contributed by atoms with Crippen LogP contribution >= 0.6 is 0 Å². The van der Waals surface area contributed by atoms with Gasteiger partial charge in [-0.25, -0.2) is 0 Å². The van der Waals surface area contributed by atoms with Crippen molar-refractivity contribution >= 4 is 5.91 Å². The Kier molecular flexibility index (Phi) is 58.4. The molecule has 14 nitrogen and oxygen atoms in total. The van der Waals surface area contributed by atoms with Gasteiger partial charge in [0.25, 0.3) is 0 Å². The number of hydrogen-bond acceptors (Lipinski definition) is 13. The van der Waals surface area contributed by atoms with Crippen LogP contribution in [-0.2, 0) is 23.7 Å². The van der Waals surface area contributed by atoms with E-state index in [-0.39, 0.29) is 18.9 Å². The van der Waals surface area contributed by atoms with Gasteiger partial charge in [0.2, 0.25) is 5.91 Å². The lowest BCUT2D eigenvalue weighted by Crippen LogP contribution is -2.65. The third kappa shape index (κ3) is 45.5. The molecule has 0 aromatic rings. The summed E-state index contributed by atoms with van der Waals surface area (Å²) in [5, 5.41) is 87.6. The zero-order chi connectivity index (χ0) is 66.6. The van der Waals surface area contributed by atoms with Crippen LogP contribution in [0.25, 0.3) is 0 Å². The van der Waals surface area contributed by atoms with Crippen molar-refractivity contribution in [1.29, 1.82) is 0 Å². The van der Waals surface area contributed by atoms with E-state index in [2.05, 4.69) is 55.6 Å². The number of hydrogen-bond donors (Lipinski definition) is 9. The molecular weight excluding hydrogens is 1160 g/mol. The average molecular weight is 1310 g/mol. The predicted octanol–water partition coefficient (Wildman–Crippen LogP) is 17.0. The second-order valence-electron chi connectivity index (χ2n) is 27.5. The molecule has 12 atom stereocenters. The van der Waals surface area contributed by atoms with E-state index in [9.17, 15) is 45.6 Å². The number of carbonyl (C=O) groups is 1. The lowest BCUT2D eigenvalue weighted by atomic mass is 9.97. The van der Waals surface area contributed by atoms with E-state index in [1.54, 1.807) is 6.08 Å². The second-order valence-corrected chi connectivity index (χ2v) is 27.5. The summed E-state index contributed by atoms with van der Waals surface area (Å²) >= 11 is 0. The van der Waals surface area contributed by atoms with Crippen LogP contribution in [0.15, 0.2) is 48.6 Å². The summed E-state index contributed by atoms with van der Waals surface area (Å²) in [5.41, 5.74) is 0. The number of aliphatic hydroxyl groups is 8. The summed E-state index contributed by atoms with van der Waals surface area (Å²) in [7, 11) is 0. The SMILES string of the molecule is CCCCCCC/C=C\C/C=C\C/C=C\CCCCCCCCCCCCCCCCCCCCCCC(=O)NC(COC1OC(CO)C(OC2OC(CO)C(O)C(O)C2O)C(O)C1O)C(O)/C=C/CCCCCCCCCCCCCCCCCCCCCCC. The van der Waals surface area contributed by atoms with E-state index in [1.807, 2.05) is 6.08 Å². The second kappa shape index (κ2) is 62.5. The molecular formula is C78H145NO13. The van der Waals surface area contributed by atoms with Crippen LogP contribution in [0, 0.1) is 0 Å². The van der Waals surface area contributed by atoms with Crippen molar-refractivity contribution in [2.45, 2.75) is 421 Å². The zero-order valence-electron chi connectivity index (χ0n) is 59.1. The highest BCUT2D eigenvalue weighted by Gasteiger charge is 2.51. The van der Waals surface area contributed by atoms with Crippen LogP contribution in [0.5, 0.6) is 0 Å². The van der Waals surface area contributed by atoms with Gasteiger partial charge in [0.05, 0.1) is 32.0 Å². The number of amides is 1. The highest BCUT2D eigenvalue weighted by molar-refractivity contribution is 5.76. The molecule has 2 fully saturated rings. The molecule has 0 aromatic heterocycles. The Morgan fingerprint density at radius 2 is 0.717 bits per heavy atom. The molecule has 2 aliphatic rings. The quantitative estimate of drug-likeness (QED) is 0.0204. The Balaban J connectivity index is 1.61. The first kappa shape index (κ1) is 86.0.